The maximum atomic E-state index is 5.93. The van der Waals surface area contributed by atoms with E-state index in [1.54, 1.807) is 0 Å². The van der Waals surface area contributed by atoms with E-state index in [9.17, 15) is 0 Å². The molecule has 15 heavy (non-hydrogen) atoms. The van der Waals surface area contributed by atoms with Crippen molar-refractivity contribution in [3.05, 3.63) is 21.9 Å². The lowest BCUT2D eigenvalue weighted by atomic mass is 9.99. The van der Waals surface area contributed by atoms with Crippen molar-refractivity contribution in [3.8, 4) is 0 Å². The van der Waals surface area contributed by atoms with Crippen LogP contribution in [0.25, 0.3) is 0 Å². The van der Waals surface area contributed by atoms with Crippen LogP contribution in [0.1, 0.15) is 55.7 Å². The average Bonchev–Trinajstić information content (AvgIpc) is 2.73. The highest BCUT2D eigenvalue weighted by Crippen LogP contribution is 2.28. The molecular weight excluding hydrogens is 202 g/mol. The second-order valence-electron chi connectivity index (χ2n) is 4.30. The molecule has 0 aliphatic rings. The maximum absolute atomic E-state index is 5.93. The van der Waals surface area contributed by atoms with E-state index < -0.39 is 0 Å². The monoisotopic (exact) mass is 225 g/mol. The molecule has 2 N–H and O–H groups in total. The maximum Gasteiger partial charge on any atom is 0.00763 e. The highest BCUT2D eigenvalue weighted by Gasteiger charge is 2.09. The molecule has 1 aromatic rings. The molecule has 0 amide bonds. The van der Waals surface area contributed by atoms with Gasteiger partial charge in [-0.2, -0.15) is 0 Å². The second-order valence-corrected chi connectivity index (χ2v) is 5.50. The van der Waals surface area contributed by atoms with Crippen molar-refractivity contribution in [1.29, 1.82) is 0 Å². The fraction of sp³-hybridized carbons (Fsp3) is 0.692. The first-order valence-electron chi connectivity index (χ1n) is 6.01. The van der Waals surface area contributed by atoms with E-state index in [2.05, 4.69) is 32.9 Å². The molecule has 0 saturated heterocycles. The Hall–Kier alpha value is -0.340. The number of aryl methyl sites for hydroxylation is 1. The third-order valence-electron chi connectivity index (χ3n) is 3.01. The smallest absolute Gasteiger partial charge is 0.00763 e. The van der Waals surface area contributed by atoms with Gasteiger partial charge in [0.25, 0.3) is 0 Å². The van der Waals surface area contributed by atoms with Crippen LogP contribution in [0.2, 0.25) is 0 Å². The van der Waals surface area contributed by atoms with Gasteiger partial charge in [0.1, 0.15) is 0 Å². The first-order valence-corrected chi connectivity index (χ1v) is 6.83. The van der Waals surface area contributed by atoms with Crippen LogP contribution in [-0.4, -0.2) is 6.04 Å². The van der Waals surface area contributed by atoms with Gasteiger partial charge in [0.2, 0.25) is 0 Å². The lowest BCUT2D eigenvalue weighted by molar-refractivity contribution is 0.534. The van der Waals surface area contributed by atoms with Gasteiger partial charge in [-0.15, -0.1) is 11.3 Å². The normalized spacial score (nSPS) is 15.2. The summed E-state index contributed by atoms with van der Waals surface area (Å²) in [6, 6.07) is 4.93. The number of hydrogen-bond acceptors (Lipinski definition) is 2. The molecule has 0 aliphatic carbocycles. The van der Waals surface area contributed by atoms with Crippen LogP contribution in [0.4, 0.5) is 0 Å². The van der Waals surface area contributed by atoms with Crippen LogP contribution in [0.5, 0.6) is 0 Å². The van der Waals surface area contributed by atoms with Crippen molar-refractivity contribution in [3.63, 3.8) is 0 Å². The summed E-state index contributed by atoms with van der Waals surface area (Å²) in [5.41, 5.74) is 5.93. The molecule has 2 unspecified atom stereocenters. The van der Waals surface area contributed by atoms with Gasteiger partial charge in [-0.05, 0) is 43.7 Å². The summed E-state index contributed by atoms with van der Waals surface area (Å²) < 4.78 is 0. The summed E-state index contributed by atoms with van der Waals surface area (Å²) in [6.07, 6.45) is 4.62. The van der Waals surface area contributed by atoms with Gasteiger partial charge in [-0.1, -0.05) is 20.8 Å². The van der Waals surface area contributed by atoms with Gasteiger partial charge in [0, 0.05) is 15.8 Å². The van der Waals surface area contributed by atoms with Crippen molar-refractivity contribution >= 4 is 11.3 Å². The van der Waals surface area contributed by atoms with Crippen LogP contribution in [0, 0.1) is 0 Å². The average molecular weight is 225 g/mol. The van der Waals surface area contributed by atoms with Crippen LogP contribution >= 0.6 is 11.3 Å². The molecular formula is C13H23NS. The third kappa shape index (κ3) is 3.96. The summed E-state index contributed by atoms with van der Waals surface area (Å²) >= 11 is 1.96. The number of nitrogens with two attached hydrogens (primary N) is 1. The zero-order valence-electron chi connectivity index (χ0n) is 10.1. The fourth-order valence-corrected chi connectivity index (χ4v) is 2.70. The Morgan fingerprint density at radius 1 is 1.27 bits per heavy atom. The van der Waals surface area contributed by atoms with E-state index in [4.69, 9.17) is 5.73 Å². The first-order chi connectivity index (χ1) is 7.17. The molecule has 0 bridgehead atoms. The largest absolute Gasteiger partial charge is 0.328 e. The SMILES string of the molecule is CCc1ccc(C(C)CCC(N)CC)s1. The molecule has 2 heteroatoms. The fourth-order valence-electron chi connectivity index (χ4n) is 1.66. The summed E-state index contributed by atoms with van der Waals surface area (Å²) in [5, 5.41) is 0. The van der Waals surface area contributed by atoms with Crippen LogP contribution in [0.3, 0.4) is 0 Å². The van der Waals surface area contributed by atoms with E-state index in [0.29, 0.717) is 12.0 Å². The van der Waals surface area contributed by atoms with Gasteiger partial charge in [-0.25, -0.2) is 0 Å². The van der Waals surface area contributed by atoms with E-state index in [1.165, 1.54) is 16.2 Å². The lowest BCUT2D eigenvalue weighted by Crippen LogP contribution is -2.18. The molecule has 0 aliphatic heterocycles. The predicted molar refractivity (Wildman–Crippen MR) is 69.6 cm³/mol. The minimum Gasteiger partial charge on any atom is -0.328 e. The molecule has 1 heterocycles. The van der Waals surface area contributed by atoms with E-state index in [1.807, 2.05) is 11.3 Å². The molecule has 0 saturated carbocycles. The minimum atomic E-state index is 0.387. The Bertz CT molecular complexity index is 280. The zero-order chi connectivity index (χ0) is 11.3. The van der Waals surface area contributed by atoms with Crippen molar-refractivity contribution in [2.24, 2.45) is 5.73 Å². The first kappa shape index (κ1) is 12.7. The quantitative estimate of drug-likeness (QED) is 0.780. The minimum absolute atomic E-state index is 0.387. The van der Waals surface area contributed by atoms with Gasteiger partial charge < -0.3 is 5.73 Å². The molecule has 0 radical (unpaired) electrons. The van der Waals surface area contributed by atoms with E-state index >= 15 is 0 Å². The Labute approximate surface area is 97.7 Å². The summed E-state index contributed by atoms with van der Waals surface area (Å²) in [6.45, 7) is 6.69. The molecule has 2 atom stereocenters. The van der Waals surface area contributed by atoms with Gasteiger partial charge >= 0.3 is 0 Å². The zero-order valence-corrected chi connectivity index (χ0v) is 10.9. The Morgan fingerprint density at radius 2 is 2.00 bits per heavy atom. The molecule has 1 aromatic heterocycles. The van der Waals surface area contributed by atoms with Crippen LogP contribution in [0.15, 0.2) is 12.1 Å². The van der Waals surface area contributed by atoms with Crippen LogP contribution < -0.4 is 5.73 Å². The molecule has 1 rings (SSSR count). The van der Waals surface area contributed by atoms with Gasteiger partial charge in [0.15, 0.2) is 0 Å². The van der Waals surface area contributed by atoms with E-state index in [0.717, 1.165) is 19.3 Å². The Kier molecular flexibility index (Phi) is 5.34. The molecule has 0 fully saturated rings. The molecule has 1 nitrogen and oxygen atoms in total. The van der Waals surface area contributed by atoms with Crippen LogP contribution in [-0.2, 0) is 6.42 Å². The topological polar surface area (TPSA) is 26.0 Å². The standard InChI is InChI=1S/C13H23NS/c1-4-11(14)7-6-10(3)13-9-8-12(5-2)15-13/h8-11H,4-7,14H2,1-3H3. The van der Waals surface area contributed by atoms with Crippen molar-refractivity contribution in [2.75, 3.05) is 0 Å². The lowest BCUT2D eigenvalue weighted by Gasteiger charge is -2.12. The summed E-state index contributed by atoms with van der Waals surface area (Å²) in [5.74, 6) is 0.674. The summed E-state index contributed by atoms with van der Waals surface area (Å²) in [7, 11) is 0. The Morgan fingerprint density at radius 3 is 2.53 bits per heavy atom. The van der Waals surface area contributed by atoms with Gasteiger partial charge in [-0.3, -0.25) is 0 Å². The number of hydrogen-bond donors (Lipinski definition) is 1. The van der Waals surface area contributed by atoms with Crippen molar-refractivity contribution in [1.82, 2.24) is 0 Å². The highest BCUT2D eigenvalue weighted by molar-refractivity contribution is 7.12. The summed E-state index contributed by atoms with van der Waals surface area (Å²) in [4.78, 5) is 3.02. The molecule has 86 valence electrons. The number of thiophene rings is 1. The van der Waals surface area contributed by atoms with Gasteiger partial charge in [0.05, 0.1) is 0 Å². The van der Waals surface area contributed by atoms with Crippen molar-refractivity contribution in [2.45, 2.75) is 58.4 Å². The third-order valence-corrected chi connectivity index (χ3v) is 4.47. The highest BCUT2D eigenvalue weighted by atomic mass is 32.1. The van der Waals surface area contributed by atoms with E-state index in [-0.39, 0.29) is 0 Å². The number of rotatable bonds is 6. The molecule has 0 spiro atoms. The second kappa shape index (κ2) is 6.29. The Balaban J connectivity index is 2.42. The predicted octanol–water partition coefficient (Wildman–Crippen LogP) is 3.93. The van der Waals surface area contributed by atoms with Crippen molar-refractivity contribution < 1.29 is 0 Å². The molecule has 0 aromatic carbocycles.